The Morgan fingerprint density at radius 1 is 1.15 bits per heavy atom. The van der Waals surface area contributed by atoms with E-state index >= 15 is 0 Å². The second-order valence-corrected chi connectivity index (χ2v) is 7.57. The number of nitrogens with zero attached hydrogens (tertiary/aromatic N) is 2. The monoisotopic (exact) mass is 454 g/mol. The van der Waals surface area contributed by atoms with Gasteiger partial charge in [-0.2, -0.15) is 0 Å². The van der Waals surface area contributed by atoms with Gasteiger partial charge in [0.2, 0.25) is 0 Å². The molecule has 1 fully saturated rings. The largest absolute Gasteiger partial charge is 0.507 e. The van der Waals surface area contributed by atoms with Crippen molar-refractivity contribution in [1.29, 1.82) is 0 Å². The Balaban J connectivity index is 2.10. The zero-order valence-electron chi connectivity index (χ0n) is 18.5. The first kappa shape index (κ1) is 23.9. The highest BCUT2D eigenvalue weighted by molar-refractivity contribution is 6.46. The minimum Gasteiger partial charge on any atom is -0.507 e. The third-order valence-corrected chi connectivity index (χ3v) is 5.35. The van der Waals surface area contributed by atoms with E-state index < -0.39 is 22.7 Å². The molecule has 9 nitrogen and oxygen atoms in total. The predicted octanol–water partition coefficient (Wildman–Crippen LogP) is 3.84. The third-order valence-electron chi connectivity index (χ3n) is 5.35. The van der Waals surface area contributed by atoms with Crippen molar-refractivity contribution in [2.24, 2.45) is 0 Å². The summed E-state index contributed by atoms with van der Waals surface area (Å²) in [5.74, 6) is -1.52. The molecule has 0 saturated carbocycles. The number of carbonyl (C=O) groups is 2. The number of amides is 1. The van der Waals surface area contributed by atoms with Crippen LogP contribution in [0, 0.1) is 10.1 Å². The van der Waals surface area contributed by atoms with Crippen LogP contribution < -0.4 is 4.74 Å². The number of methoxy groups -OCH3 is 1. The number of likely N-dealkylation sites (tertiary alicyclic amines) is 1. The summed E-state index contributed by atoms with van der Waals surface area (Å²) < 4.78 is 10.8. The maximum Gasteiger partial charge on any atom is 0.295 e. The summed E-state index contributed by atoms with van der Waals surface area (Å²) in [6.45, 7) is 2.78. The van der Waals surface area contributed by atoms with E-state index in [-0.39, 0.29) is 30.2 Å². The lowest BCUT2D eigenvalue weighted by molar-refractivity contribution is -0.384. The summed E-state index contributed by atoms with van der Waals surface area (Å²) in [6.07, 6.45) is 1.83. The number of nitro benzene ring substituents is 1. The van der Waals surface area contributed by atoms with Gasteiger partial charge >= 0.3 is 0 Å². The summed E-state index contributed by atoms with van der Waals surface area (Å²) in [6, 6.07) is 11.3. The highest BCUT2D eigenvalue weighted by Gasteiger charge is 2.46. The van der Waals surface area contributed by atoms with Crippen LogP contribution in [0.3, 0.4) is 0 Å². The highest BCUT2D eigenvalue weighted by Crippen LogP contribution is 2.40. The average molecular weight is 454 g/mol. The molecular weight excluding hydrogens is 428 g/mol. The Hall–Kier alpha value is -3.72. The topological polar surface area (TPSA) is 119 Å². The lowest BCUT2D eigenvalue weighted by Gasteiger charge is -2.25. The number of aliphatic hydroxyl groups excluding tert-OH is 1. The average Bonchev–Trinajstić information content (AvgIpc) is 3.07. The maximum atomic E-state index is 13.0. The van der Waals surface area contributed by atoms with Gasteiger partial charge in [0.1, 0.15) is 11.5 Å². The van der Waals surface area contributed by atoms with Gasteiger partial charge in [-0.3, -0.25) is 19.7 Å². The van der Waals surface area contributed by atoms with Crippen LogP contribution in [-0.4, -0.2) is 53.5 Å². The second-order valence-electron chi connectivity index (χ2n) is 7.57. The first-order valence-electron chi connectivity index (χ1n) is 10.6. The van der Waals surface area contributed by atoms with Gasteiger partial charge in [0, 0.05) is 31.4 Å². The Kier molecular flexibility index (Phi) is 7.78. The molecule has 0 spiro atoms. The van der Waals surface area contributed by atoms with E-state index in [1.165, 1.54) is 30.2 Å². The number of carbonyl (C=O) groups excluding carboxylic acids is 2. The number of Topliss-reactive ketones (excluding diaryl/α,β-unsaturated/α-hetero) is 1. The van der Waals surface area contributed by atoms with Crippen molar-refractivity contribution in [2.45, 2.75) is 25.8 Å². The van der Waals surface area contributed by atoms with Gasteiger partial charge in [-0.25, -0.2) is 0 Å². The maximum absolute atomic E-state index is 13.0. The summed E-state index contributed by atoms with van der Waals surface area (Å²) >= 11 is 0. The number of nitro groups is 1. The second kappa shape index (κ2) is 10.7. The third kappa shape index (κ3) is 5.20. The van der Waals surface area contributed by atoms with Crippen LogP contribution >= 0.6 is 0 Å². The van der Waals surface area contributed by atoms with Crippen LogP contribution in [0.15, 0.2) is 54.1 Å². The Labute approximate surface area is 191 Å². The van der Waals surface area contributed by atoms with Crippen LogP contribution in [-0.2, 0) is 14.3 Å². The van der Waals surface area contributed by atoms with Crippen LogP contribution in [0.2, 0.25) is 0 Å². The number of hydrogen-bond donors (Lipinski definition) is 1. The number of benzene rings is 2. The van der Waals surface area contributed by atoms with E-state index in [4.69, 9.17) is 9.47 Å². The molecule has 1 amide bonds. The molecule has 0 radical (unpaired) electrons. The van der Waals surface area contributed by atoms with Crippen molar-refractivity contribution >= 4 is 23.1 Å². The van der Waals surface area contributed by atoms with E-state index in [2.05, 4.69) is 0 Å². The molecule has 1 unspecified atom stereocenters. The molecule has 3 rings (SSSR count). The van der Waals surface area contributed by atoms with E-state index in [9.17, 15) is 24.8 Å². The van der Waals surface area contributed by atoms with Gasteiger partial charge in [0.05, 0.1) is 29.8 Å². The van der Waals surface area contributed by atoms with Crippen LogP contribution in [0.25, 0.3) is 5.76 Å². The fourth-order valence-corrected chi connectivity index (χ4v) is 3.68. The molecule has 1 heterocycles. The fraction of sp³-hybridized carbons (Fsp3) is 0.333. The number of non-ortho nitro benzene ring substituents is 1. The van der Waals surface area contributed by atoms with E-state index in [0.29, 0.717) is 23.5 Å². The van der Waals surface area contributed by atoms with Gasteiger partial charge in [-0.05, 0) is 24.1 Å². The molecule has 1 N–H and O–H groups in total. The molecule has 1 aliphatic heterocycles. The van der Waals surface area contributed by atoms with E-state index in [0.717, 1.165) is 12.8 Å². The van der Waals surface area contributed by atoms with Gasteiger partial charge in [0.15, 0.2) is 0 Å². The standard InChI is InChI=1S/C24H26N2O7/c1-3-4-12-33-19-10-6-8-17(15-19)22(27)20-21(16-7-5-9-18(14-16)26(30)31)25(11-13-32-2)24(29)23(20)28/h5-10,14-15,21,27H,3-4,11-13H2,1-2H3. The van der Waals surface area contributed by atoms with Crippen molar-refractivity contribution in [2.75, 3.05) is 26.9 Å². The number of hydrogen-bond acceptors (Lipinski definition) is 7. The SMILES string of the molecule is CCCCOc1cccc(C(O)=C2C(=O)C(=O)N(CCOC)C2c2cccc([N+](=O)[O-])c2)c1. The van der Waals surface area contributed by atoms with Gasteiger partial charge in [0.25, 0.3) is 17.4 Å². The van der Waals surface area contributed by atoms with Gasteiger partial charge in [-0.15, -0.1) is 0 Å². The fourth-order valence-electron chi connectivity index (χ4n) is 3.68. The van der Waals surface area contributed by atoms with Gasteiger partial charge in [-0.1, -0.05) is 37.6 Å². The first-order chi connectivity index (χ1) is 15.9. The zero-order valence-corrected chi connectivity index (χ0v) is 18.5. The van der Waals surface area contributed by atoms with Crippen LogP contribution in [0.5, 0.6) is 5.75 Å². The van der Waals surface area contributed by atoms with Crippen molar-refractivity contribution < 1.29 is 29.1 Å². The molecule has 0 aromatic heterocycles. The molecule has 0 aliphatic carbocycles. The summed E-state index contributed by atoms with van der Waals surface area (Å²) in [5.41, 5.74) is 0.332. The summed E-state index contributed by atoms with van der Waals surface area (Å²) in [5, 5.41) is 22.4. The van der Waals surface area contributed by atoms with Crippen molar-refractivity contribution in [3.05, 3.63) is 75.3 Å². The smallest absolute Gasteiger partial charge is 0.295 e. The lowest BCUT2D eigenvalue weighted by Crippen LogP contribution is -2.32. The van der Waals surface area contributed by atoms with Crippen LogP contribution in [0.4, 0.5) is 5.69 Å². The molecule has 174 valence electrons. The van der Waals surface area contributed by atoms with Crippen molar-refractivity contribution in [3.63, 3.8) is 0 Å². The van der Waals surface area contributed by atoms with E-state index in [1.807, 2.05) is 6.92 Å². The number of ketones is 1. The number of aliphatic hydroxyl groups is 1. The van der Waals surface area contributed by atoms with E-state index in [1.54, 1.807) is 30.3 Å². The molecule has 2 aromatic rings. The van der Waals surface area contributed by atoms with Gasteiger partial charge < -0.3 is 19.5 Å². The normalized spacial score (nSPS) is 17.4. The minimum absolute atomic E-state index is 0.0748. The number of rotatable bonds is 10. The highest BCUT2D eigenvalue weighted by atomic mass is 16.6. The number of unbranched alkanes of at least 4 members (excludes halogenated alkanes) is 1. The summed E-state index contributed by atoms with van der Waals surface area (Å²) in [7, 11) is 1.46. The van der Waals surface area contributed by atoms with Crippen molar-refractivity contribution in [3.8, 4) is 5.75 Å². The first-order valence-corrected chi connectivity index (χ1v) is 10.6. The lowest BCUT2D eigenvalue weighted by atomic mass is 9.95. The Morgan fingerprint density at radius 3 is 2.61 bits per heavy atom. The molecule has 1 atom stereocenters. The predicted molar refractivity (Wildman–Crippen MR) is 121 cm³/mol. The molecule has 1 aliphatic rings. The molecule has 9 heteroatoms. The van der Waals surface area contributed by atoms with Crippen LogP contribution in [0.1, 0.15) is 36.9 Å². The summed E-state index contributed by atoms with van der Waals surface area (Å²) in [4.78, 5) is 37.8. The zero-order chi connectivity index (χ0) is 24.0. The Bertz CT molecular complexity index is 1080. The Morgan fingerprint density at radius 2 is 1.91 bits per heavy atom. The quantitative estimate of drug-likeness (QED) is 0.145. The minimum atomic E-state index is -0.996. The molecular formula is C24H26N2O7. The molecule has 2 aromatic carbocycles. The molecule has 33 heavy (non-hydrogen) atoms. The molecule has 1 saturated heterocycles. The van der Waals surface area contributed by atoms with Crippen molar-refractivity contribution in [1.82, 2.24) is 4.90 Å². The number of ether oxygens (including phenoxy) is 2. The molecule has 0 bridgehead atoms.